The van der Waals surface area contributed by atoms with Gasteiger partial charge in [-0.15, -0.1) is 24.0 Å². The molecule has 7 nitrogen and oxygen atoms in total. The minimum atomic E-state index is -3.31. The predicted molar refractivity (Wildman–Crippen MR) is 123 cm³/mol. The number of aliphatic imine (C=N–C) groups is 1. The first kappa shape index (κ1) is 24.6. The van der Waals surface area contributed by atoms with Crippen molar-refractivity contribution in [1.82, 2.24) is 14.9 Å². The summed E-state index contributed by atoms with van der Waals surface area (Å²) in [5.41, 5.74) is 1.29. The molecule has 1 fully saturated rings. The Labute approximate surface area is 184 Å². The van der Waals surface area contributed by atoms with E-state index in [4.69, 9.17) is 4.74 Å². The maximum absolute atomic E-state index is 12.5. The quantitative estimate of drug-likeness (QED) is 0.321. The molecule has 1 aromatic rings. The van der Waals surface area contributed by atoms with Crippen LogP contribution in [0.25, 0.3) is 0 Å². The molecule has 2 N–H and O–H groups in total. The lowest BCUT2D eigenvalue weighted by atomic mass is 10.1. The normalized spacial score (nSPS) is 22.7. The Kier molecular flexibility index (Phi) is 10.5. The fourth-order valence-corrected chi connectivity index (χ4v) is 5.20. The Morgan fingerprint density at radius 3 is 2.59 bits per heavy atom. The van der Waals surface area contributed by atoms with Crippen LogP contribution in [0, 0.1) is 0 Å². The zero-order chi connectivity index (χ0) is 19.2. The zero-order valence-corrected chi connectivity index (χ0v) is 20.3. The van der Waals surface area contributed by atoms with Crippen molar-refractivity contribution in [1.29, 1.82) is 0 Å². The predicted octanol–water partition coefficient (Wildman–Crippen LogP) is 2.07. The average Bonchev–Trinajstić information content (AvgIpc) is 3.11. The number of ether oxygens (including phenoxy) is 1. The van der Waals surface area contributed by atoms with Crippen molar-refractivity contribution in [2.45, 2.75) is 38.9 Å². The highest BCUT2D eigenvalue weighted by Gasteiger charge is 2.30. The van der Waals surface area contributed by atoms with Gasteiger partial charge in [0.2, 0.25) is 10.0 Å². The van der Waals surface area contributed by atoms with E-state index in [1.165, 1.54) is 9.87 Å². The van der Waals surface area contributed by atoms with Crippen molar-refractivity contribution in [2.75, 3.05) is 39.0 Å². The Balaban J connectivity index is 0.00000364. The van der Waals surface area contributed by atoms with E-state index in [1.807, 2.05) is 13.8 Å². The molecule has 0 radical (unpaired) electrons. The maximum atomic E-state index is 12.5. The number of sulfonamides is 1. The second kappa shape index (κ2) is 11.5. The third-order valence-corrected chi connectivity index (χ3v) is 6.85. The molecule has 0 bridgehead atoms. The molecule has 1 aliphatic heterocycles. The van der Waals surface area contributed by atoms with Crippen LogP contribution in [-0.2, 0) is 14.8 Å². The molecule has 27 heavy (non-hydrogen) atoms. The molecule has 1 saturated heterocycles. The van der Waals surface area contributed by atoms with E-state index >= 15 is 0 Å². The summed E-state index contributed by atoms with van der Waals surface area (Å²) in [5, 5.41) is 10.5. The molecular formula is C17H31IN4O3S2. The molecule has 0 saturated carbocycles. The lowest BCUT2D eigenvalue weighted by Crippen LogP contribution is -2.50. The summed E-state index contributed by atoms with van der Waals surface area (Å²) in [7, 11) is -1.63. The van der Waals surface area contributed by atoms with E-state index in [0.717, 1.165) is 6.54 Å². The molecule has 2 rings (SSSR count). The fourth-order valence-electron chi connectivity index (χ4n) is 2.93. The average molecular weight is 530 g/mol. The van der Waals surface area contributed by atoms with Gasteiger partial charge in [-0.1, -0.05) is 6.92 Å². The van der Waals surface area contributed by atoms with Crippen LogP contribution in [0.2, 0.25) is 0 Å². The van der Waals surface area contributed by atoms with Gasteiger partial charge in [-0.3, -0.25) is 4.99 Å². The molecule has 1 aliphatic rings. The lowest BCUT2D eigenvalue weighted by molar-refractivity contribution is -0.0440. The van der Waals surface area contributed by atoms with E-state index in [1.54, 1.807) is 18.4 Å². The molecule has 0 amide bonds. The highest BCUT2D eigenvalue weighted by molar-refractivity contribution is 14.0. The van der Waals surface area contributed by atoms with E-state index in [2.05, 4.69) is 39.4 Å². The van der Waals surface area contributed by atoms with Crippen molar-refractivity contribution >= 4 is 51.3 Å². The highest BCUT2D eigenvalue weighted by atomic mass is 127. The number of rotatable bonds is 7. The fraction of sp³-hybridized carbons (Fsp3) is 0.706. The molecule has 2 heterocycles. The molecule has 1 aromatic heterocycles. The van der Waals surface area contributed by atoms with Crippen LogP contribution in [0.15, 0.2) is 21.8 Å². The van der Waals surface area contributed by atoms with Gasteiger partial charge in [0, 0.05) is 33.2 Å². The van der Waals surface area contributed by atoms with Crippen LogP contribution in [-0.4, -0.2) is 69.9 Å². The van der Waals surface area contributed by atoms with E-state index < -0.39 is 10.0 Å². The van der Waals surface area contributed by atoms with Gasteiger partial charge >= 0.3 is 0 Å². The molecule has 3 atom stereocenters. The summed E-state index contributed by atoms with van der Waals surface area (Å²) < 4.78 is 32.2. The number of guanidine groups is 1. The van der Waals surface area contributed by atoms with E-state index in [9.17, 15) is 8.42 Å². The number of hydrogen-bond acceptors (Lipinski definition) is 5. The van der Waals surface area contributed by atoms with Gasteiger partial charge in [0.15, 0.2) is 5.96 Å². The van der Waals surface area contributed by atoms with Crippen molar-refractivity contribution in [2.24, 2.45) is 4.99 Å². The summed E-state index contributed by atoms with van der Waals surface area (Å²) in [4.78, 5) is 4.17. The smallest absolute Gasteiger partial charge is 0.216 e. The number of halogens is 1. The van der Waals surface area contributed by atoms with Crippen LogP contribution >= 0.6 is 35.3 Å². The monoisotopic (exact) mass is 530 g/mol. The zero-order valence-electron chi connectivity index (χ0n) is 16.3. The maximum Gasteiger partial charge on any atom is 0.216 e. The van der Waals surface area contributed by atoms with Gasteiger partial charge in [0.05, 0.1) is 18.0 Å². The van der Waals surface area contributed by atoms with Crippen LogP contribution in [0.5, 0.6) is 0 Å². The highest BCUT2D eigenvalue weighted by Crippen LogP contribution is 2.17. The summed E-state index contributed by atoms with van der Waals surface area (Å²) in [6.45, 7) is 7.83. The summed E-state index contributed by atoms with van der Waals surface area (Å²) in [6.07, 6.45) is -0.149. The number of nitrogens with zero attached hydrogens (tertiary/aromatic N) is 2. The van der Waals surface area contributed by atoms with E-state index in [0.29, 0.717) is 31.5 Å². The van der Waals surface area contributed by atoms with E-state index in [-0.39, 0.29) is 41.9 Å². The van der Waals surface area contributed by atoms with Gasteiger partial charge in [0.25, 0.3) is 0 Å². The summed E-state index contributed by atoms with van der Waals surface area (Å²) in [6, 6.07) is 2.12. The Bertz CT molecular complexity index is 672. The minimum Gasteiger partial charge on any atom is -0.373 e. The number of nitrogens with one attached hydrogen (secondary N) is 2. The Morgan fingerprint density at radius 2 is 2.04 bits per heavy atom. The van der Waals surface area contributed by atoms with Crippen LogP contribution in [0.4, 0.5) is 0 Å². The minimum absolute atomic E-state index is 0. The molecular weight excluding hydrogens is 499 g/mol. The first-order valence-electron chi connectivity index (χ1n) is 8.91. The first-order chi connectivity index (χ1) is 12.3. The van der Waals surface area contributed by atoms with Crippen molar-refractivity contribution in [3.63, 3.8) is 0 Å². The number of morpholine rings is 1. The van der Waals surface area contributed by atoms with Gasteiger partial charge in [-0.2, -0.15) is 15.6 Å². The molecule has 10 heteroatoms. The second-order valence-corrected chi connectivity index (χ2v) is 9.60. The molecule has 0 spiro atoms. The summed E-state index contributed by atoms with van der Waals surface area (Å²) >= 11 is 1.68. The number of hydrogen-bond donors (Lipinski definition) is 2. The van der Waals surface area contributed by atoms with Crippen LogP contribution in [0.1, 0.15) is 32.3 Å². The molecule has 156 valence electrons. The second-order valence-electron chi connectivity index (χ2n) is 6.73. The SMILES string of the molecule is CN=C(NCCS(=O)(=O)N1CC(C)OC(C)C1)NCC(C)c1ccsc1.I. The van der Waals surface area contributed by atoms with Gasteiger partial charge in [-0.05, 0) is 42.2 Å². The molecule has 3 unspecified atom stereocenters. The van der Waals surface area contributed by atoms with Gasteiger partial charge in [-0.25, -0.2) is 8.42 Å². The van der Waals surface area contributed by atoms with Crippen LogP contribution in [0.3, 0.4) is 0 Å². The molecule has 0 aliphatic carbocycles. The Hall–Kier alpha value is -0.430. The first-order valence-corrected chi connectivity index (χ1v) is 11.5. The van der Waals surface area contributed by atoms with Crippen molar-refractivity contribution in [3.05, 3.63) is 22.4 Å². The molecule has 0 aromatic carbocycles. The largest absolute Gasteiger partial charge is 0.373 e. The standard InChI is InChI=1S/C17H30N4O3S2.HI/c1-13(16-5-7-25-12-16)9-20-17(18-4)19-6-8-26(22,23)21-10-14(2)24-15(3)11-21;/h5,7,12-15H,6,8-11H2,1-4H3,(H2,18,19,20);1H. The summed E-state index contributed by atoms with van der Waals surface area (Å²) in [5.74, 6) is 1.01. The van der Waals surface area contributed by atoms with Crippen LogP contribution < -0.4 is 10.6 Å². The Morgan fingerprint density at radius 1 is 1.37 bits per heavy atom. The third-order valence-electron chi connectivity index (χ3n) is 4.34. The van der Waals surface area contributed by atoms with Gasteiger partial charge < -0.3 is 15.4 Å². The van der Waals surface area contributed by atoms with Crippen molar-refractivity contribution in [3.8, 4) is 0 Å². The van der Waals surface area contributed by atoms with Gasteiger partial charge in [0.1, 0.15) is 0 Å². The number of thiophene rings is 1. The lowest BCUT2D eigenvalue weighted by Gasteiger charge is -2.34. The topological polar surface area (TPSA) is 83.0 Å². The van der Waals surface area contributed by atoms with Crippen molar-refractivity contribution < 1.29 is 13.2 Å². The third kappa shape index (κ3) is 7.84.